The molecule has 1 aromatic heterocycles. The number of rotatable bonds is 2. The minimum Gasteiger partial charge on any atom is -0.366 e. The van der Waals surface area contributed by atoms with Crippen molar-refractivity contribution in [2.24, 2.45) is 0 Å². The molecule has 0 amide bonds. The number of pyridine rings is 1. The van der Waals surface area contributed by atoms with Gasteiger partial charge in [0.15, 0.2) is 0 Å². The molecule has 0 unspecified atom stereocenters. The van der Waals surface area contributed by atoms with Gasteiger partial charge in [0.25, 0.3) is 0 Å². The van der Waals surface area contributed by atoms with E-state index in [2.05, 4.69) is 29.2 Å². The molecular weight excluding hydrogens is 250 g/mol. The molecule has 0 fully saturated rings. The summed E-state index contributed by atoms with van der Waals surface area (Å²) in [5.41, 5.74) is 4.41. The van der Waals surface area contributed by atoms with Crippen LogP contribution in [0.1, 0.15) is 0 Å². The summed E-state index contributed by atoms with van der Waals surface area (Å²) >= 11 is 5.64. The van der Waals surface area contributed by atoms with E-state index < -0.39 is 0 Å². The summed E-state index contributed by atoms with van der Waals surface area (Å²) in [4.78, 5) is 3.20. The van der Waals surface area contributed by atoms with Gasteiger partial charge in [-0.2, -0.15) is 0 Å². The Hall–Kier alpha value is -2.19. The van der Waals surface area contributed by atoms with E-state index in [0.29, 0.717) is 0 Å². The molecule has 3 rings (SSSR count). The van der Waals surface area contributed by atoms with E-state index in [4.69, 9.17) is 12.2 Å². The lowest BCUT2D eigenvalue weighted by molar-refractivity contribution is 1.32. The summed E-state index contributed by atoms with van der Waals surface area (Å²) in [6, 6.07) is 20.4. The molecule has 0 aliphatic rings. The number of benzene rings is 2. The molecule has 2 heteroatoms. The Morgan fingerprint density at radius 1 is 0.632 bits per heavy atom. The molecule has 19 heavy (non-hydrogen) atoms. The highest BCUT2D eigenvalue weighted by molar-refractivity contribution is 7.71. The Labute approximate surface area is 117 Å². The summed E-state index contributed by atoms with van der Waals surface area (Å²) in [6.45, 7) is 0. The fraction of sp³-hybridized carbons (Fsp3) is 0. The van der Waals surface area contributed by atoms with Crippen LogP contribution in [0, 0.1) is 4.51 Å². The van der Waals surface area contributed by atoms with Crippen LogP contribution in [-0.2, 0) is 0 Å². The molecule has 92 valence electrons. The maximum atomic E-state index is 5.64. The van der Waals surface area contributed by atoms with Crippen molar-refractivity contribution >= 4 is 12.2 Å². The van der Waals surface area contributed by atoms with Crippen molar-refractivity contribution in [2.75, 3.05) is 0 Å². The quantitative estimate of drug-likeness (QED) is 0.638. The van der Waals surface area contributed by atoms with Gasteiger partial charge in [-0.1, -0.05) is 72.9 Å². The average Bonchev–Trinajstić information content (AvgIpc) is 2.49. The maximum absolute atomic E-state index is 5.64. The van der Waals surface area contributed by atoms with E-state index in [0.717, 1.165) is 26.8 Å². The molecule has 0 spiro atoms. The van der Waals surface area contributed by atoms with Crippen LogP contribution in [0.3, 0.4) is 0 Å². The molecule has 2 aromatic carbocycles. The van der Waals surface area contributed by atoms with Crippen molar-refractivity contribution in [3.05, 3.63) is 77.6 Å². The Kier molecular flexibility index (Phi) is 3.25. The lowest BCUT2D eigenvalue weighted by Crippen LogP contribution is -1.86. The highest BCUT2D eigenvalue weighted by Crippen LogP contribution is 2.27. The third-order valence-corrected chi connectivity index (χ3v) is 3.55. The molecule has 3 aromatic rings. The molecule has 0 bridgehead atoms. The number of hydrogen-bond donors (Lipinski definition) is 1. The molecule has 0 saturated carbocycles. The zero-order chi connectivity index (χ0) is 13.1. The van der Waals surface area contributed by atoms with E-state index in [1.165, 1.54) is 0 Å². The first-order valence-electron chi connectivity index (χ1n) is 6.18. The van der Waals surface area contributed by atoms with Crippen molar-refractivity contribution in [1.29, 1.82) is 0 Å². The van der Waals surface area contributed by atoms with Crippen molar-refractivity contribution in [1.82, 2.24) is 4.98 Å². The summed E-state index contributed by atoms with van der Waals surface area (Å²) < 4.78 is 0.885. The van der Waals surface area contributed by atoms with Crippen LogP contribution >= 0.6 is 12.2 Å². The molecular formula is C17H13NS. The van der Waals surface area contributed by atoms with E-state index >= 15 is 0 Å². The van der Waals surface area contributed by atoms with Gasteiger partial charge < -0.3 is 4.98 Å². The summed E-state index contributed by atoms with van der Waals surface area (Å²) in [5.74, 6) is 0. The van der Waals surface area contributed by atoms with E-state index in [9.17, 15) is 0 Å². The number of aromatic nitrogens is 1. The van der Waals surface area contributed by atoms with Gasteiger partial charge in [-0.15, -0.1) is 0 Å². The SMILES string of the molecule is S=c1c(-c2ccccc2)c[nH]cc1-c1ccccc1. The molecule has 1 heterocycles. The third-order valence-electron chi connectivity index (χ3n) is 3.11. The minimum atomic E-state index is 0.885. The van der Waals surface area contributed by atoms with Gasteiger partial charge in [0.05, 0.1) is 4.51 Å². The highest BCUT2D eigenvalue weighted by Gasteiger charge is 2.05. The van der Waals surface area contributed by atoms with Crippen molar-refractivity contribution in [2.45, 2.75) is 0 Å². The molecule has 0 aliphatic heterocycles. The zero-order valence-corrected chi connectivity index (χ0v) is 11.2. The zero-order valence-electron chi connectivity index (χ0n) is 10.3. The van der Waals surface area contributed by atoms with Gasteiger partial charge in [-0.05, 0) is 11.1 Å². The highest BCUT2D eigenvalue weighted by atomic mass is 32.1. The van der Waals surface area contributed by atoms with E-state index in [1.807, 2.05) is 48.8 Å². The summed E-state index contributed by atoms with van der Waals surface area (Å²) in [5, 5.41) is 0. The van der Waals surface area contributed by atoms with Gasteiger partial charge >= 0.3 is 0 Å². The van der Waals surface area contributed by atoms with Crippen LogP contribution in [0.2, 0.25) is 0 Å². The fourth-order valence-corrected chi connectivity index (χ4v) is 2.50. The number of nitrogens with one attached hydrogen (secondary N) is 1. The van der Waals surface area contributed by atoms with Gasteiger partial charge in [0, 0.05) is 23.5 Å². The Morgan fingerprint density at radius 2 is 1.05 bits per heavy atom. The fourth-order valence-electron chi connectivity index (χ4n) is 2.15. The summed E-state index contributed by atoms with van der Waals surface area (Å²) in [7, 11) is 0. The monoisotopic (exact) mass is 263 g/mol. The number of H-pyrrole nitrogens is 1. The Balaban J connectivity index is 2.18. The lowest BCUT2D eigenvalue weighted by atomic mass is 10.0. The molecule has 0 radical (unpaired) electrons. The normalized spacial score (nSPS) is 10.3. The second-order valence-corrected chi connectivity index (χ2v) is 4.75. The van der Waals surface area contributed by atoms with Crippen molar-refractivity contribution < 1.29 is 0 Å². The van der Waals surface area contributed by atoms with Crippen LogP contribution in [0.5, 0.6) is 0 Å². The van der Waals surface area contributed by atoms with Crippen molar-refractivity contribution in [3.63, 3.8) is 0 Å². The van der Waals surface area contributed by atoms with Gasteiger partial charge in [-0.25, -0.2) is 0 Å². The van der Waals surface area contributed by atoms with Gasteiger partial charge in [0.2, 0.25) is 0 Å². The van der Waals surface area contributed by atoms with E-state index in [1.54, 1.807) is 0 Å². The third kappa shape index (κ3) is 2.35. The largest absolute Gasteiger partial charge is 0.366 e. The molecule has 1 nitrogen and oxygen atoms in total. The predicted molar refractivity (Wildman–Crippen MR) is 82.5 cm³/mol. The smallest absolute Gasteiger partial charge is 0.0563 e. The summed E-state index contributed by atoms with van der Waals surface area (Å²) in [6.07, 6.45) is 3.92. The standard InChI is InChI=1S/C17H13NS/c19-17-15(13-7-3-1-4-8-13)11-18-12-16(17)14-9-5-2-6-10-14/h1-12H,(H,18,19). The number of hydrogen-bond acceptors (Lipinski definition) is 1. The second-order valence-electron chi connectivity index (χ2n) is 4.34. The first-order chi connectivity index (χ1) is 9.36. The van der Waals surface area contributed by atoms with E-state index in [-0.39, 0.29) is 0 Å². The van der Waals surface area contributed by atoms with Crippen molar-refractivity contribution in [3.8, 4) is 22.3 Å². The Morgan fingerprint density at radius 3 is 1.47 bits per heavy atom. The van der Waals surface area contributed by atoms with Crippen LogP contribution in [-0.4, -0.2) is 4.98 Å². The topological polar surface area (TPSA) is 15.8 Å². The first-order valence-corrected chi connectivity index (χ1v) is 6.59. The number of aromatic amines is 1. The van der Waals surface area contributed by atoms with Crippen LogP contribution in [0.4, 0.5) is 0 Å². The van der Waals surface area contributed by atoms with Crippen LogP contribution < -0.4 is 0 Å². The lowest BCUT2D eigenvalue weighted by Gasteiger charge is -2.07. The second kappa shape index (κ2) is 5.21. The Bertz CT molecular complexity index is 669. The first kappa shape index (κ1) is 11.9. The van der Waals surface area contributed by atoms with Crippen LogP contribution in [0.25, 0.3) is 22.3 Å². The van der Waals surface area contributed by atoms with Gasteiger partial charge in [0.1, 0.15) is 0 Å². The molecule has 0 atom stereocenters. The molecule has 0 aliphatic carbocycles. The maximum Gasteiger partial charge on any atom is 0.0563 e. The minimum absolute atomic E-state index is 0.885. The predicted octanol–water partition coefficient (Wildman–Crippen LogP) is 5.08. The molecule has 1 N–H and O–H groups in total. The average molecular weight is 263 g/mol. The van der Waals surface area contributed by atoms with Crippen LogP contribution in [0.15, 0.2) is 73.1 Å². The van der Waals surface area contributed by atoms with Gasteiger partial charge in [-0.3, -0.25) is 0 Å². The molecule has 0 saturated heterocycles.